The molecule has 0 aliphatic carbocycles. The Morgan fingerprint density at radius 1 is 1.45 bits per heavy atom. The summed E-state index contributed by atoms with van der Waals surface area (Å²) in [5, 5.41) is 0. The van der Waals surface area contributed by atoms with Crippen LogP contribution in [0.15, 0.2) is 12.4 Å². The molecule has 2 heterocycles. The van der Waals surface area contributed by atoms with E-state index in [9.17, 15) is 4.21 Å². The fourth-order valence-corrected chi connectivity index (χ4v) is 3.98. The zero-order chi connectivity index (χ0) is 14.5. The molecule has 0 saturated carbocycles. The van der Waals surface area contributed by atoms with E-state index >= 15 is 0 Å². The second-order valence-corrected chi connectivity index (χ2v) is 7.74. The normalized spacial score (nSPS) is 18.6. The maximum Gasteiger partial charge on any atom is 0.134 e. The Morgan fingerprint density at radius 3 is 2.80 bits per heavy atom. The molecule has 1 saturated heterocycles. The molecule has 1 aliphatic heterocycles. The summed E-state index contributed by atoms with van der Waals surface area (Å²) in [7, 11) is 1.20. The number of hydrogen-bond acceptors (Lipinski definition) is 6. The smallest absolute Gasteiger partial charge is 0.134 e. The van der Waals surface area contributed by atoms with E-state index in [2.05, 4.69) is 26.7 Å². The predicted octanol–water partition coefficient (Wildman–Crippen LogP) is 1.23. The Morgan fingerprint density at radius 2 is 2.15 bits per heavy atom. The van der Waals surface area contributed by atoms with E-state index in [1.807, 2.05) is 24.9 Å². The molecule has 1 aromatic heterocycles. The second kappa shape index (κ2) is 7.26. The summed E-state index contributed by atoms with van der Waals surface area (Å²) >= 11 is 1.99. The molecule has 1 fully saturated rings. The molecule has 5 nitrogen and oxygen atoms in total. The van der Waals surface area contributed by atoms with Gasteiger partial charge in [0.2, 0.25) is 0 Å². The third kappa shape index (κ3) is 4.09. The van der Waals surface area contributed by atoms with Crippen molar-refractivity contribution in [2.75, 3.05) is 53.5 Å². The quantitative estimate of drug-likeness (QED) is 0.815. The van der Waals surface area contributed by atoms with Gasteiger partial charge in [-0.2, -0.15) is 11.8 Å². The minimum absolute atomic E-state index is 0.195. The zero-order valence-electron chi connectivity index (χ0n) is 12.3. The summed E-state index contributed by atoms with van der Waals surface area (Å²) in [6.45, 7) is 4.15. The SMILES string of the molecule is C[C@H](C[S@@](C)=O)N(C)c1cc(N2CCSCC2)ncn1. The summed E-state index contributed by atoms with van der Waals surface area (Å²) in [5.41, 5.74) is 0. The molecular formula is C13H22N4OS2. The van der Waals surface area contributed by atoms with E-state index in [1.54, 1.807) is 12.6 Å². The Labute approximate surface area is 127 Å². The number of anilines is 2. The van der Waals surface area contributed by atoms with Crippen LogP contribution in [0.1, 0.15) is 6.92 Å². The van der Waals surface area contributed by atoms with Crippen LogP contribution in [-0.2, 0) is 10.8 Å². The van der Waals surface area contributed by atoms with Crippen molar-refractivity contribution in [1.29, 1.82) is 0 Å². The first-order chi connectivity index (χ1) is 9.58. The number of rotatable bonds is 5. The van der Waals surface area contributed by atoms with Crippen LogP contribution in [0.2, 0.25) is 0 Å². The van der Waals surface area contributed by atoms with Crippen molar-refractivity contribution in [3.8, 4) is 0 Å². The van der Waals surface area contributed by atoms with E-state index in [4.69, 9.17) is 0 Å². The second-order valence-electron chi connectivity index (χ2n) is 5.03. The number of thioether (sulfide) groups is 1. The van der Waals surface area contributed by atoms with Crippen LogP contribution in [0.25, 0.3) is 0 Å². The standard InChI is InChI=1S/C13H22N4OS2/c1-11(9-20(3)18)16(2)12-8-13(15-10-14-12)17-4-6-19-7-5-17/h8,10-11H,4-7,9H2,1-3H3/t11-,20-/m1/s1. The van der Waals surface area contributed by atoms with Crippen molar-refractivity contribution < 1.29 is 4.21 Å². The van der Waals surface area contributed by atoms with Crippen LogP contribution in [0.4, 0.5) is 11.6 Å². The molecule has 2 rings (SSSR count). The molecule has 0 amide bonds. The Kier molecular flexibility index (Phi) is 5.65. The van der Waals surface area contributed by atoms with Crippen LogP contribution in [0.5, 0.6) is 0 Å². The first-order valence-electron chi connectivity index (χ1n) is 6.75. The van der Waals surface area contributed by atoms with Crippen molar-refractivity contribution in [2.24, 2.45) is 0 Å². The lowest BCUT2D eigenvalue weighted by Gasteiger charge is -2.29. The zero-order valence-corrected chi connectivity index (χ0v) is 13.9. The molecular weight excluding hydrogens is 292 g/mol. The molecule has 0 bridgehead atoms. The average molecular weight is 314 g/mol. The Balaban J connectivity index is 2.10. The number of hydrogen-bond donors (Lipinski definition) is 0. The largest absolute Gasteiger partial charge is 0.356 e. The van der Waals surface area contributed by atoms with Crippen LogP contribution in [-0.4, -0.2) is 63.9 Å². The third-order valence-corrected chi connectivity index (χ3v) is 5.37. The fourth-order valence-electron chi connectivity index (χ4n) is 2.17. The summed E-state index contributed by atoms with van der Waals surface area (Å²) in [4.78, 5) is 13.1. The van der Waals surface area contributed by atoms with Crippen molar-refractivity contribution >= 4 is 34.2 Å². The molecule has 0 unspecified atom stereocenters. The fraction of sp³-hybridized carbons (Fsp3) is 0.692. The van der Waals surface area contributed by atoms with Gasteiger partial charge in [0.1, 0.15) is 18.0 Å². The van der Waals surface area contributed by atoms with Gasteiger partial charge in [-0.05, 0) is 6.92 Å². The maximum absolute atomic E-state index is 11.3. The molecule has 0 radical (unpaired) electrons. The van der Waals surface area contributed by atoms with Gasteiger partial charge >= 0.3 is 0 Å². The minimum atomic E-state index is -0.798. The monoisotopic (exact) mass is 314 g/mol. The lowest BCUT2D eigenvalue weighted by molar-refractivity contribution is 0.673. The lowest BCUT2D eigenvalue weighted by Crippen LogP contribution is -2.35. The lowest BCUT2D eigenvalue weighted by atomic mass is 10.3. The maximum atomic E-state index is 11.3. The number of nitrogens with zero attached hydrogens (tertiary/aromatic N) is 4. The topological polar surface area (TPSA) is 49.3 Å². The molecule has 0 N–H and O–H groups in total. The van der Waals surface area contributed by atoms with Crippen LogP contribution in [0.3, 0.4) is 0 Å². The van der Waals surface area contributed by atoms with E-state index in [0.29, 0.717) is 5.75 Å². The molecule has 0 aromatic carbocycles. The minimum Gasteiger partial charge on any atom is -0.356 e. The van der Waals surface area contributed by atoms with Crippen molar-refractivity contribution in [2.45, 2.75) is 13.0 Å². The molecule has 20 heavy (non-hydrogen) atoms. The molecule has 1 aliphatic rings. The van der Waals surface area contributed by atoms with Gasteiger partial charge in [0.15, 0.2) is 0 Å². The molecule has 0 spiro atoms. The van der Waals surface area contributed by atoms with E-state index in [-0.39, 0.29) is 6.04 Å². The van der Waals surface area contributed by atoms with Crippen molar-refractivity contribution in [3.05, 3.63) is 12.4 Å². The highest BCUT2D eigenvalue weighted by atomic mass is 32.2. The van der Waals surface area contributed by atoms with E-state index in [0.717, 1.165) is 36.2 Å². The summed E-state index contributed by atoms with van der Waals surface area (Å²) in [5.74, 6) is 4.84. The highest BCUT2D eigenvalue weighted by Gasteiger charge is 2.16. The van der Waals surface area contributed by atoms with Gasteiger partial charge in [-0.25, -0.2) is 9.97 Å². The van der Waals surface area contributed by atoms with Gasteiger partial charge in [0.25, 0.3) is 0 Å². The first kappa shape index (κ1) is 15.6. The average Bonchev–Trinajstić information content (AvgIpc) is 2.47. The highest BCUT2D eigenvalue weighted by molar-refractivity contribution is 7.99. The summed E-state index contributed by atoms with van der Waals surface area (Å²) < 4.78 is 11.3. The van der Waals surface area contributed by atoms with E-state index < -0.39 is 10.8 Å². The summed E-state index contributed by atoms with van der Waals surface area (Å²) in [6, 6.07) is 2.23. The van der Waals surface area contributed by atoms with Crippen molar-refractivity contribution in [3.63, 3.8) is 0 Å². The molecule has 7 heteroatoms. The third-order valence-electron chi connectivity index (χ3n) is 3.47. The van der Waals surface area contributed by atoms with Gasteiger partial charge in [0, 0.05) is 66.6 Å². The van der Waals surface area contributed by atoms with Crippen LogP contribution >= 0.6 is 11.8 Å². The van der Waals surface area contributed by atoms with Gasteiger partial charge in [-0.15, -0.1) is 0 Å². The van der Waals surface area contributed by atoms with Gasteiger partial charge in [-0.3, -0.25) is 4.21 Å². The summed E-state index contributed by atoms with van der Waals surface area (Å²) in [6.07, 6.45) is 3.36. The van der Waals surface area contributed by atoms with Gasteiger partial charge < -0.3 is 9.80 Å². The Hall–Kier alpha value is -0.820. The first-order valence-corrected chi connectivity index (χ1v) is 9.63. The van der Waals surface area contributed by atoms with Gasteiger partial charge in [-0.1, -0.05) is 0 Å². The predicted molar refractivity (Wildman–Crippen MR) is 88.4 cm³/mol. The van der Waals surface area contributed by atoms with Gasteiger partial charge in [0.05, 0.1) is 0 Å². The number of aromatic nitrogens is 2. The highest BCUT2D eigenvalue weighted by Crippen LogP contribution is 2.21. The van der Waals surface area contributed by atoms with E-state index in [1.165, 1.54) is 0 Å². The van der Waals surface area contributed by atoms with Crippen molar-refractivity contribution in [1.82, 2.24) is 9.97 Å². The molecule has 1 aromatic rings. The molecule has 2 atom stereocenters. The van der Waals surface area contributed by atoms with Crippen LogP contribution < -0.4 is 9.80 Å². The molecule has 112 valence electrons. The van der Waals surface area contributed by atoms with Crippen LogP contribution in [0, 0.1) is 0 Å². The Bertz CT molecular complexity index is 465.